The molecule has 1 N–H and O–H groups in total. The number of rotatable bonds is 18. The molecule has 0 aromatic carbocycles. The quantitative estimate of drug-likeness (QED) is 0.216. The lowest BCUT2D eigenvalue weighted by atomic mass is 9.85. The zero-order valence-electron chi connectivity index (χ0n) is 16.7. The van der Waals surface area contributed by atoms with Crippen molar-refractivity contribution >= 4 is 17.4 Å². The van der Waals surface area contributed by atoms with Crippen LogP contribution >= 0.6 is 0 Å². The summed E-state index contributed by atoms with van der Waals surface area (Å²) in [6, 6.07) is 0. The van der Waals surface area contributed by atoms with Crippen LogP contribution < -0.4 is 0 Å². The minimum absolute atomic E-state index is 0. The van der Waals surface area contributed by atoms with E-state index in [1.165, 1.54) is 96.3 Å². The molecule has 0 heterocycles. The second kappa shape index (κ2) is 19.8. The lowest BCUT2D eigenvalue weighted by Gasteiger charge is -2.28. The van der Waals surface area contributed by atoms with Crippen LogP contribution in [0.25, 0.3) is 0 Å². The Bertz CT molecular complexity index is 214. The fourth-order valence-corrected chi connectivity index (χ4v) is 3.55. The zero-order valence-corrected chi connectivity index (χ0v) is 16.7. The molecule has 0 fully saturated rings. The van der Waals surface area contributed by atoms with Gasteiger partial charge in [0.15, 0.2) is 17.4 Å². The van der Waals surface area contributed by atoms with E-state index in [0.717, 1.165) is 19.3 Å². The normalized spacial score (nSPS) is 11.5. The highest BCUT2D eigenvalue weighted by atomic mass is 27.0. The first-order valence-corrected chi connectivity index (χ1v) is 10.9. The van der Waals surface area contributed by atoms with Gasteiger partial charge in [0, 0.05) is 0 Å². The van der Waals surface area contributed by atoms with Crippen molar-refractivity contribution in [1.29, 1.82) is 0 Å². The minimum atomic E-state index is -0.356. The molecule has 24 heavy (non-hydrogen) atoms. The molecule has 0 saturated carbocycles. The van der Waals surface area contributed by atoms with Crippen molar-refractivity contribution < 1.29 is 5.11 Å². The number of unbranched alkanes of at least 4 members (excludes halogenated alkanes) is 12. The predicted octanol–water partition coefficient (Wildman–Crippen LogP) is 6.62. The SMILES string of the molecule is CCCCCCCCC(O)(CCCCC)CCCCCCCC.[AlH3]. The highest BCUT2D eigenvalue weighted by Gasteiger charge is 2.24. The molecular weight excluding hydrogens is 307 g/mol. The maximum Gasteiger partial charge on any atom is 0.187 e. The van der Waals surface area contributed by atoms with Gasteiger partial charge in [0.25, 0.3) is 0 Å². The summed E-state index contributed by atoms with van der Waals surface area (Å²) < 4.78 is 0. The molecular formula is C22H49AlO. The second-order valence-corrected chi connectivity index (χ2v) is 7.72. The van der Waals surface area contributed by atoms with Crippen molar-refractivity contribution in [2.45, 2.75) is 142 Å². The minimum Gasteiger partial charge on any atom is -0.390 e. The van der Waals surface area contributed by atoms with Gasteiger partial charge in [-0.2, -0.15) is 0 Å². The van der Waals surface area contributed by atoms with Gasteiger partial charge in [-0.05, 0) is 19.3 Å². The van der Waals surface area contributed by atoms with Crippen molar-refractivity contribution in [2.24, 2.45) is 0 Å². The predicted molar refractivity (Wildman–Crippen MR) is 115 cm³/mol. The van der Waals surface area contributed by atoms with Crippen LogP contribution in [0.2, 0.25) is 0 Å². The van der Waals surface area contributed by atoms with Crippen LogP contribution in [0.15, 0.2) is 0 Å². The van der Waals surface area contributed by atoms with Crippen LogP contribution in [0.3, 0.4) is 0 Å². The topological polar surface area (TPSA) is 20.2 Å². The average Bonchev–Trinajstić information content (AvgIpc) is 2.54. The van der Waals surface area contributed by atoms with E-state index in [-0.39, 0.29) is 23.0 Å². The van der Waals surface area contributed by atoms with E-state index in [0.29, 0.717) is 0 Å². The Morgan fingerprint density at radius 1 is 0.458 bits per heavy atom. The lowest BCUT2D eigenvalue weighted by molar-refractivity contribution is 0.00715. The summed E-state index contributed by atoms with van der Waals surface area (Å²) in [7, 11) is 0. The molecule has 0 saturated heterocycles. The van der Waals surface area contributed by atoms with Crippen LogP contribution in [0.4, 0.5) is 0 Å². The van der Waals surface area contributed by atoms with Gasteiger partial charge in [-0.3, -0.25) is 0 Å². The average molecular weight is 357 g/mol. The number of hydrogen-bond donors (Lipinski definition) is 1. The van der Waals surface area contributed by atoms with E-state index in [9.17, 15) is 5.11 Å². The molecule has 0 amide bonds. The molecule has 0 aliphatic rings. The summed E-state index contributed by atoms with van der Waals surface area (Å²) in [6.45, 7) is 6.79. The van der Waals surface area contributed by atoms with Gasteiger partial charge < -0.3 is 5.11 Å². The lowest BCUT2D eigenvalue weighted by Crippen LogP contribution is -2.28. The zero-order chi connectivity index (χ0) is 17.2. The van der Waals surface area contributed by atoms with Crippen LogP contribution in [-0.4, -0.2) is 28.1 Å². The first-order valence-electron chi connectivity index (χ1n) is 10.9. The van der Waals surface area contributed by atoms with Crippen molar-refractivity contribution in [1.82, 2.24) is 0 Å². The Morgan fingerprint density at radius 2 is 0.708 bits per heavy atom. The fraction of sp³-hybridized carbons (Fsp3) is 1.00. The molecule has 146 valence electrons. The number of aliphatic hydroxyl groups is 1. The maximum absolute atomic E-state index is 11.0. The number of hydrogen-bond acceptors (Lipinski definition) is 1. The molecule has 0 unspecified atom stereocenters. The molecule has 0 aliphatic heterocycles. The van der Waals surface area contributed by atoms with E-state index in [4.69, 9.17) is 0 Å². The van der Waals surface area contributed by atoms with Crippen LogP contribution in [0, 0.1) is 0 Å². The monoisotopic (exact) mass is 356 g/mol. The summed E-state index contributed by atoms with van der Waals surface area (Å²) in [5.41, 5.74) is -0.356. The summed E-state index contributed by atoms with van der Waals surface area (Å²) >= 11 is 0. The molecule has 0 aliphatic carbocycles. The Morgan fingerprint density at radius 3 is 1.08 bits per heavy atom. The van der Waals surface area contributed by atoms with E-state index in [2.05, 4.69) is 20.8 Å². The Balaban J connectivity index is 0. The van der Waals surface area contributed by atoms with Crippen LogP contribution in [0.5, 0.6) is 0 Å². The molecule has 0 bridgehead atoms. The highest BCUT2D eigenvalue weighted by molar-refractivity contribution is 5.75. The summed E-state index contributed by atoms with van der Waals surface area (Å²) in [5.74, 6) is 0. The van der Waals surface area contributed by atoms with Gasteiger partial charge in [-0.15, -0.1) is 0 Å². The van der Waals surface area contributed by atoms with Crippen LogP contribution in [-0.2, 0) is 0 Å². The molecule has 0 spiro atoms. The standard InChI is InChI=1S/C22H46O.Al.3H/c1-4-7-10-12-14-17-20-22(23,19-16-9-6-3)21-18-15-13-11-8-5-2;;;;/h23H,4-21H2,1-3H3;;;;. The largest absolute Gasteiger partial charge is 0.390 e. The summed E-state index contributed by atoms with van der Waals surface area (Å²) in [6.07, 6.45) is 22.8. The third-order valence-electron chi connectivity index (χ3n) is 5.24. The molecule has 1 nitrogen and oxygen atoms in total. The van der Waals surface area contributed by atoms with E-state index in [1.807, 2.05) is 0 Å². The Hall–Kier alpha value is 0.492. The summed E-state index contributed by atoms with van der Waals surface area (Å²) in [5, 5.41) is 11.0. The third kappa shape index (κ3) is 17.3. The van der Waals surface area contributed by atoms with Crippen molar-refractivity contribution in [2.75, 3.05) is 0 Å². The highest BCUT2D eigenvalue weighted by Crippen LogP contribution is 2.28. The van der Waals surface area contributed by atoms with Gasteiger partial charge in [0.1, 0.15) is 0 Å². The van der Waals surface area contributed by atoms with Gasteiger partial charge in [-0.25, -0.2) is 0 Å². The van der Waals surface area contributed by atoms with E-state index in [1.54, 1.807) is 0 Å². The molecule has 0 aromatic heterocycles. The van der Waals surface area contributed by atoms with Gasteiger partial charge in [-0.1, -0.05) is 117 Å². The van der Waals surface area contributed by atoms with Gasteiger partial charge in [0.2, 0.25) is 0 Å². The van der Waals surface area contributed by atoms with Crippen molar-refractivity contribution in [3.8, 4) is 0 Å². The van der Waals surface area contributed by atoms with Crippen molar-refractivity contribution in [3.63, 3.8) is 0 Å². The van der Waals surface area contributed by atoms with Gasteiger partial charge >= 0.3 is 0 Å². The summed E-state index contributed by atoms with van der Waals surface area (Å²) in [4.78, 5) is 0. The fourth-order valence-electron chi connectivity index (χ4n) is 3.55. The first-order chi connectivity index (χ1) is 11.2. The van der Waals surface area contributed by atoms with Gasteiger partial charge in [0.05, 0.1) is 5.60 Å². The molecule has 0 atom stereocenters. The first kappa shape index (κ1) is 26.7. The molecule has 2 heteroatoms. The maximum atomic E-state index is 11.0. The van der Waals surface area contributed by atoms with Crippen LogP contribution in [0.1, 0.15) is 136 Å². The third-order valence-corrected chi connectivity index (χ3v) is 5.24. The van der Waals surface area contributed by atoms with E-state index < -0.39 is 0 Å². The Labute approximate surface area is 164 Å². The smallest absolute Gasteiger partial charge is 0.187 e. The second-order valence-electron chi connectivity index (χ2n) is 7.72. The van der Waals surface area contributed by atoms with E-state index >= 15 is 0 Å². The molecule has 0 aromatic rings. The molecule has 0 rings (SSSR count). The Kier molecular flexibility index (Phi) is 22.1. The van der Waals surface area contributed by atoms with Crippen molar-refractivity contribution in [3.05, 3.63) is 0 Å². The molecule has 0 radical (unpaired) electrons.